The molecule has 0 radical (unpaired) electrons. The monoisotopic (exact) mass is 378 g/mol. The van der Waals surface area contributed by atoms with Gasteiger partial charge in [0.15, 0.2) is 5.76 Å². The van der Waals surface area contributed by atoms with E-state index < -0.39 is 0 Å². The van der Waals surface area contributed by atoms with E-state index in [9.17, 15) is 9.59 Å². The largest absolute Gasteiger partial charge is 0.496 e. The number of amides is 2. The minimum absolute atomic E-state index is 0.0684. The van der Waals surface area contributed by atoms with Crippen LogP contribution >= 0.6 is 0 Å². The third-order valence-electron chi connectivity index (χ3n) is 4.28. The highest BCUT2D eigenvalue weighted by molar-refractivity contribution is 6.02. The van der Waals surface area contributed by atoms with Gasteiger partial charge in [0.05, 0.1) is 19.8 Å². The molecule has 2 aromatic carbocycles. The maximum Gasteiger partial charge on any atom is 0.291 e. The lowest BCUT2D eigenvalue weighted by Crippen LogP contribution is -2.24. The number of anilines is 1. The highest BCUT2D eigenvalue weighted by Gasteiger charge is 2.09. The average molecular weight is 378 g/mol. The highest BCUT2D eigenvalue weighted by atomic mass is 16.5. The Balaban J connectivity index is 1.50. The van der Waals surface area contributed by atoms with Crippen LogP contribution in [0, 0.1) is 6.92 Å². The van der Waals surface area contributed by atoms with Crippen LogP contribution in [-0.2, 0) is 17.8 Å². The van der Waals surface area contributed by atoms with Gasteiger partial charge in [-0.25, -0.2) is 0 Å². The summed E-state index contributed by atoms with van der Waals surface area (Å²) in [5.41, 5.74) is 3.52. The Morgan fingerprint density at radius 1 is 1.04 bits per heavy atom. The van der Waals surface area contributed by atoms with E-state index >= 15 is 0 Å². The Hall–Kier alpha value is -3.54. The van der Waals surface area contributed by atoms with Gasteiger partial charge in [-0.1, -0.05) is 24.3 Å². The lowest BCUT2D eigenvalue weighted by Gasteiger charge is -2.09. The molecule has 2 N–H and O–H groups in total. The SMILES string of the molecule is COc1cc(CC(=O)NCc2ccc(NC(=O)c3ccco3)cc2)ccc1C. The van der Waals surface area contributed by atoms with Crippen LogP contribution < -0.4 is 15.4 Å². The van der Waals surface area contributed by atoms with Crippen molar-refractivity contribution in [2.75, 3.05) is 12.4 Å². The second-order valence-corrected chi connectivity index (χ2v) is 6.39. The third kappa shape index (κ3) is 5.01. The van der Waals surface area contributed by atoms with Crippen molar-refractivity contribution in [2.24, 2.45) is 0 Å². The maximum atomic E-state index is 12.2. The molecular formula is C22H22N2O4. The quantitative estimate of drug-likeness (QED) is 0.657. The Morgan fingerprint density at radius 3 is 2.46 bits per heavy atom. The van der Waals surface area contributed by atoms with Crippen molar-refractivity contribution in [2.45, 2.75) is 19.9 Å². The third-order valence-corrected chi connectivity index (χ3v) is 4.28. The molecule has 0 atom stereocenters. The number of nitrogens with one attached hydrogen (secondary N) is 2. The molecule has 1 aromatic heterocycles. The molecule has 6 heteroatoms. The van der Waals surface area contributed by atoms with Crippen LogP contribution in [0.4, 0.5) is 5.69 Å². The first-order valence-corrected chi connectivity index (χ1v) is 8.89. The zero-order valence-electron chi connectivity index (χ0n) is 15.8. The molecule has 0 spiro atoms. The summed E-state index contributed by atoms with van der Waals surface area (Å²) in [7, 11) is 1.62. The molecule has 3 rings (SSSR count). The number of methoxy groups -OCH3 is 1. The van der Waals surface area contributed by atoms with Gasteiger partial charge in [0.2, 0.25) is 5.91 Å². The second kappa shape index (κ2) is 8.90. The summed E-state index contributed by atoms with van der Waals surface area (Å²) < 4.78 is 10.3. The van der Waals surface area contributed by atoms with Crippen molar-refractivity contribution in [1.29, 1.82) is 0 Å². The van der Waals surface area contributed by atoms with Gasteiger partial charge in [-0.15, -0.1) is 0 Å². The summed E-state index contributed by atoms with van der Waals surface area (Å²) in [5.74, 6) is 0.655. The van der Waals surface area contributed by atoms with Gasteiger partial charge in [-0.05, 0) is 53.9 Å². The second-order valence-electron chi connectivity index (χ2n) is 6.39. The van der Waals surface area contributed by atoms with Gasteiger partial charge < -0.3 is 19.8 Å². The standard InChI is InChI=1S/C22H22N2O4/c1-15-5-6-17(12-20(15)27-2)13-21(25)23-14-16-7-9-18(10-8-16)24-22(26)19-4-3-11-28-19/h3-12H,13-14H2,1-2H3,(H,23,25)(H,24,26). The molecule has 2 amide bonds. The van der Waals surface area contributed by atoms with Crippen molar-refractivity contribution in [3.8, 4) is 5.75 Å². The van der Waals surface area contributed by atoms with E-state index in [1.54, 1.807) is 31.4 Å². The summed E-state index contributed by atoms with van der Waals surface area (Å²) in [6.45, 7) is 2.37. The van der Waals surface area contributed by atoms with E-state index in [0.717, 1.165) is 22.4 Å². The Labute approximate surface area is 163 Å². The first kappa shape index (κ1) is 19.2. The first-order chi connectivity index (χ1) is 13.5. The zero-order chi connectivity index (χ0) is 19.9. The fraction of sp³-hybridized carbons (Fsp3) is 0.182. The molecule has 0 fully saturated rings. The molecule has 0 aliphatic rings. The number of benzene rings is 2. The van der Waals surface area contributed by atoms with Crippen molar-refractivity contribution >= 4 is 17.5 Å². The van der Waals surface area contributed by atoms with Gasteiger partial charge in [0.25, 0.3) is 5.91 Å². The lowest BCUT2D eigenvalue weighted by atomic mass is 10.1. The van der Waals surface area contributed by atoms with Crippen LogP contribution in [0.25, 0.3) is 0 Å². The van der Waals surface area contributed by atoms with Crippen LogP contribution in [-0.4, -0.2) is 18.9 Å². The molecule has 0 unspecified atom stereocenters. The number of carbonyl (C=O) groups is 2. The van der Waals surface area contributed by atoms with Crippen LogP contribution in [0.15, 0.2) is 65.3 Å². The molecule has 6 nitrogen and oxygen atoms in total. The van der Waals surface area contributed by atoms with Gasteiger partial charge in [0, 0.05) is 12.2 Å². The Bertz CT molecular complexity index is 947. The van der Waals surface area contributed by atoms with Crippen LogP contribution in [0.3, 0.4) is 0 Å². The predicted octanol–water partition coefficient (Wildman–Crippen LogP) is 3.71. The van der Waals surface area contributed by atoms with E-state index in [1.165, 1.54) is 6.26 Å². The molecular weight excluding hydrogens is 356 g/mol. The van der Waals surface area contributed by atoms with Gasteiger partial charge >= 0.3 is 0 Å². The smallest absolute Gasteiger partial charge is 0.291 e. The predicted molar refractivity (Wildman–Crippen MR) is 106 cm³/mol. The summed E-state index contributed by atoms with van der Waals surface area (Å²) in [4.78, 5) is 24.1. The van der Waals surface area contributed by atoms with E-state index in [-0.39, 0.29) is 24.0 Å². The number of ether oxygens (including phenoxy) is 1. The molecule has 28 heavy (non-hydrogen) atoms. The number of aryl methyl sites for hydroxylation is 1. The van der Waals surface area contributed by atoms with Crippen LogP contribution in [0.2, 0.25) is 0 Å². The molecule has 3 aromatic rings. The maximum absolute atomic E-state index is 12.2. The lowest BCUT2D eigenvalue weighted by molar-refractivity contribution is -0.120. The van der Waals surface area contributed by atoms with Gasteiger partial charge in [-0.3, -0.25) is 9.59 Å². The molecule has 1 heterocycles. The summed E-state index contributed by atoms with van der Waals surface area (Å²) in [6, 6.07) is 16.3. The van der Waals surface area contributed by atoms with E-state index in [0.29, 0.717) is 12.2 Å². The molecule has 144 valence electrons. The van der Waals surface area contributed by atoms with E-state index in [1.807, 2.05) is 37.3 Å². The van der Waals surface area contributed by atoms with Crippen molar-refractivity contribution in [3.63, 3.8) is 0 Å². The van der Waals surface area contributed by atoms with Crippen molar-refractivity contribution in [1.82, 2.24) is 5.32 Å². The summed E-state index contributed by atoms with van der Waals surface area (Å²) >= 11 is 0. The molecule has 0 saturated carbocycles. The van der Waals surface area contributed by atoms with E-state index in [2.05, 4.69) is 10.6 Å². The molecule has 0 bridgehead atoms. The Morgan fingerprint density at radius 2 is 1.79 bits per heavy atom. The number of rotatable bonds is 7. The minimum Gasteiger partial charge on any atom is -0.496 e. The van der Waals surface area contributed by atoms with Crippen LogP contribution in [0.5, 0.6) is 5.75 Å². The van der Waals surface area contributed by atoms with Crippen LogP contribution in [0.1, 0.15) is 27.2 Å². The zero-order valence-corrected chi connectivity index (χ0v) is 15.8. The number of carbonyl (C=O) groups excluding carboxylic acids is 2. The van der Waals surface area contributed by atoms with Gasteiger partial charge in [-0.2, -0.15) is 0 Å². The number of hydrogen-bond acceptors (Lipinski definition) is 4. The summed E-state index contributed by atoms with van der Waals surface area (Å²) in [5, 5.41) is 5.65. The fourth-order valence-electron chi connectivity index (χ4n) is 2.73. The van der Waals surface area contributed by atoms with Crippen molar-refractivity contribution in [3.05, 3.63) is 83.3 Å². The van der Waals surface area contributed by atoms with Crippen molar-refractivity contribution < 1.29 is 18.7 Å². The van der Waals surface area contributed by atoms with E-state index in [4.69, 9.17) is 9.15 Å². The topological polar surface area (TPSA) is 80.6 Å². The fourth-order valence-corrected chi connectivity index (χ4v) is 2.73. The Kier molecular flexibility index (Phi) is 6.11. The molecule has 0 aliphatic heterocycles. The summed E-state index contributed by atoms with van der Waals surface area (Å²) in [6.07, 6.45) is 1.74. The van der Waals surface area contributed by atoms with Gasteiger partial charge in [0.1, 0.15) is 5.75 Å². The minimum atomic E-state index is -0.306. The normalized spacial score (nSPS) is 10.4. The number of furan rings is 1. The first-order valence-electron chi connectivity index (χ1n) is 8.89. The molecule has 0 saturated heterocycles. The average Bonchev–Trinajstić information content (AvgIpc) is 3.24. The highest BCUT2D eigenvalue weighted by Crippen LogP contribution is 2.19. The number of hydrogen-bond donors (Lipinski definition) is 2. The molecule has 0 aliphatic carbocycles.